The number of hydrogen-bond donors (Lipinski definition) is 1. The van der Waals surface area contributed by atoms with E-state index in [1.54, 1.807) is 26.3 Å². The van der Waals surface area contributed by atoms with Crippen molar-refractivity contribution in [1.29, 1.82) is 0 Å². The molecule has 0 bridgehead atoms. The highest BCUT2D eigenvalue weighted by Crippen LogP contribution is 2.26. The van der Waals surface area contributed by atoms with Crippen molar-refractivity contribution in [2.75, 3.05) is 47.0 Å². The molecule has 0 aliphatic carbocycles. The van der Waals surface area contributed by atoms with Crippen LogP contribution in [-0.2, 0) is 14.2 Å². The Bertz CT molecular complexity index is 638. The number of ether oxygens (including phenoxy) is 3. The van der Waals surface area contributed by atoms with E-state index in [0.29, 0.717) is 13.1 Å². The second-order valence-electron chi connectivity index (χ2n) is 7.29. The highest BCUT2D eigenvalue weighted by Gasteiger charge is 2.34. The van der Waals surface area contributed by atoms with Crippen molar-refractivity contribution in [2.24, 2.45) is 4.99 Å². The van der Waals surface area contributed by atoms with Gasteiger partial charge < -0.3 is 24.4 Å². The molecule has 2 fully saturated rings. The smallest absolute Gasteiger partial charge is 0.193 e. The van der Waals surface area contributed by atoms with Crippen molar-refractivity contribution in [3.63, 3.8) is 0 Å². The molecule has 8 heteroatoms. The molecule has 0 spiro atoms. The third kappa shape index (κ3) is 5.77. The lowest BCUT2D eigenvalue weighted by Gasteiger charge is -2.41. The van der Waals surface area contributed by atoms with Crippen LogP contribution in [0.2, 0.25) is 0 Å². The van der Waals surface area contributed by atoms with E-state index in [2.05, 4.69) is 15.2 Å². The van der Waals surface area contributed by atoms with Crippen molar-refractivity contribution in [3.05, 3.63) is 35.6 Å². The summed E-state index contributed by atoms with van der Waals surface area (Å²) < 4.78 is 30.6. The zero-order valence-electron chi connectivity index (χ0n) is 16.8. The van der Waals surface area contributed by atoms with Gasteiger partial charge in [-0.2, -0.15) is 0 Å². The van der Waals surface area contributed by atoms with E-state index in [-0.39, 0.29) is 47.6 Å². The zero-order chi connectivity index (χ0) is 19.3. The second kappa shape index (κ2) is 10.7. The van der Waals surface area contributed by atoms with Crippen LogP contribution in [0, 0.1) is 5.82 Å². The van der Waals surface area contributed by atoms with Crippen LogP contribution >= 0.6 is 24.0 Å². The van der Waals surface area contributed by atoms with Crippen molar-refractivity contribution >= 4 is 29.9 Å². The molecular formula is C20H31FIN3O3. The summed E-state index contributed by atoms with van der Waals surface area (Å²) in [6.45, 7) is 5.58. The van der Waals surface area contributed by atoms with Crippen LogP contribution in [0.1, 0.15) is 31.4 Å². The molecule has 158 valence electrons. The lowest BCUT2D eigenvalue weighted by atomic mass is 9.94. The lowest BCUT2D eigenvalue weighted by Crippen LogP contribution is -2.55. The van der Waals surface area contributed by atoms with Crippen LogP contribution < -0.4 is 5.32 Å². The van der Waals surface area contributed by atoms with Crippen molar-refractivity contribution in [3.8, 4) is 0 Å². The first kappa shape index (κ1) is 23.3. The molecule has 1 aromatic rings. The van der Waals surface area contributed by atoms with Gasteiger partial charge in [0.05, 0.1) is 18.2 Å². The molecule has 0 aromatic heterocycles. The van der Waals surface area contributed by atoms with Gasteiger partial charge in [0.15, 0.2) is 5.96 Å². The van der Waals surface area contributed by atoms with Crippen LogP contribution in [0.3, 0.4) is 0 Å². The third-order valence-corrected chi connectivity index (χ3v) is 5.42. The van der Waals surface area contributed by atoms with E-state index in [1.165, 1.54) is 12.1 Å². The number of aliphatic imine (C=N–C) groups is 1. The van der Waals surface area contributed by atoms with Gasteiger partial charge >= 0.3 is 0 Å². The summed E-state index contributed by atoms with van der Waals surface area (Å²) in [5, 5.41) is 3.48. The van der Waals surface area contributed by atoms with E-state index < -0.39 is 0 Å². The van der Waals surface area contributed by atoms with E-state index >= 15 is 0 Å². The molecule has 2 aliphatic heterocycles. The topological polar surface area (TPSA) is 55.3 Å². The first-order chi connectivity index (χ1) is 13.0. The molecular weight excluding hydrogens is 476 g/mol. The van der Waals surface area contributed by atoms with Crippen LogP contribution in [0.25, 0.3) is 0 Å². The minimum atomic E-state index is -0.238. The maximum absolute atomic E-state index is 13.2. The predicted octanol–water partition coefficient (Wildman–Crippen LogP) is 2.98. The van der Waals surface area contributed by atoms with Crippen LogP contribution in [0.5, 0.6) is 0 Å². The molecule has 0 radical (unpaired) electrons. The fourth-order valence-corrected chi connectivity index (χ4v) is 3.75. The number of nitrogens with one attached hydrogen (secondary N) is 1. The molecule has 0 amide bonds. The van der Waals surface area contributed by atoms with Gasteiger partial charge in [0.1, 0.15) is 11.9 Å². The van der Waals surface area contributed by atoms with Gasteiger partial charge in [0.2, 0.25) is 0 Å². The van der Waals surface area contributed by atoms with E-state index in [0.717, 1.165) is 44.1 Å². The van der Waals surface area contributed by atoms with Gasteiger partial charge in [0, 0.05) is 53.3 Å². The summed E-state index contributed by atoms with van der Waals surface area (Å²) in [7, 11) is 3.55. The van der Waals surface area contributed by atoms with E-state index in [9.17, 15) is 4.39 Å². The maximum atomic E-state index is 13.2. The standard InChI is InChI=1S/C20H30FN3O3.HI/c1-15-12-24(13-18(27-15)16-4-6-17(21)7-5-16)19(22-2)23-14-20(25-3)8-10-26-11-9-20;/h4-7,15,18H,8-14H2,1-3H3,(H,22,23);1H. The Kier molecular flexibility index (Phi) is 8.91. The van der Waals surface area contributed by atoms with Crippen LogP contribution in [-0.4, -0.2) is 69.6 Å². The molecule has 1 N–H and O–H groups in total. The molecule has 2 unspecified atom stereocenters. The number of hydrogen-bond acceptors (Lipinski definition) is 4. The number of halogens is 2. The Morgan fingerprint density at radius 2 is 1.96 bits per heavy atom. The zero-order valence-corrected chi connectivity index (χ0v) is 19.1. The lowest BCUT2D eigenvalue weighted by molar-refractivity contribution is -0.0867. The fourth-order valence-electron chi connectivity index (χ4n) is 3.75. The van der Waals surface area contributed by atoms with E-state index in [4.69, 9.17) is 14.2 Å². The fraction of sp³-hybridized carbons (Fsp3) is 0.650. The molecule has 6 nitrogen and oxygen atoms in total. The van der Waals surface area contributed by atoms with Gasteiger partial charge in [-0.05, 0) is 24.6 Å². The summed E-state index contributed by atoms with van der Waals surface area (Å²) in [5.41, 5.74) is 0.754. The first-order valence-electron chi connectivity index (χ1n) is 9.55. The van der Waals surface area contributed by atoms with Crippen LogP contribution in [0.4, 0.5) is 4.39 Å². The molecule has 2 saturated heterocycles. The highest BCUT2D eigenvalue weighted by atomic mass is 127. The average Bonchev–Trinajstić information content (AvgIpc) is 2.69. The largest absolute Gasteiger partial charge is 0.381 e. The summed E-state index contributed by atoms with van der Waals surface area (Å²) in [5.74, 6) is 0.596. The summed E-state index contributed by atoms with van der Waals surface area (Å²) in [6, 6.07) is 6.52. The Labute approximate surface area is 183 Å². The van der Waals surface area contributed by atoms with Gasteiger partial charge in [0.25, 0.3) is 0 Å². The Hall–Kier alpha value is -0.970. The Morgan fingerprint density at radius 1 is 1.29 bits per heavy atom. The quantitative estimate of drug-likeness (QED) is 0.386. The molecule has 3 rings (SSSR count). The van der Waals surface area contributed by atoms with Gasteiger partial charge in [-0.3, -0.25) is 4.99 Å². The average molecular weight is 507 g/mol. The molecule has 1 aromatic carbocycles. The maximum Gasteiger partial charge on any atom is 0.193 e. The predicted molar refractivity (Wildman–Crippen MR) is 118 cm³/mol. The van der Waals surface area contributed by atoms with Gasteiger partial charge in [-0.25, -0.2) is 4.39 Å². The van der Waals surface area contributed by atoms with Crippen LogP contribution in [0.15, 0.2) is 29.3 Å². The number of benzene rings is 1. The minimum absolute atomic E-state index is 0. The highest BCUT2D eigenvalue weighted by molar-refractivity contribution is 14.0. The number of guanidine groups is 1. The molecule has 0 saturated carbocycles. The minimum Gasteiger partial charge on any atom is -0.381 e. The second-order valence-corrected chi connectivity index (χ2v) is 7.29. The van der Waals surface area contributed by atoms with Crippen molar-refractivity contribution in [2.45, 2.75) is 37.6 Å². The molecule has 2 heterocycles. The molecule has 2 aliphatic rings. The SMILES string of the molecule is CN=C(NCC1(OC)CCOCC1)N1CC(C)OC(c2ccc(F)cc2)C1.I. The summed E-state index contributed by atoms with van der Waals surface area (Å²) in [6.07, 6.45) is 1.66. The van der Waals surface area contributed by atoms with E-state index in [1.807, 2.05) is 6.92 Å². The first-order valence-corrected chi connectivity index (χ1v) is 9.55. The molecule has 28 heavy (non-hydrogen) atoms. The summed E-state index contributed by atoms with van der Waals surface area (Å²) in [4.78, 5) is 6.67. The normalized spacial score (nSPS) is 25.1. The van der Waals surface area contributed by atoms with Gasteiger partial charge in [-0.1, -0.05) is 12.1 Å². The van der Waals surface area contributed by atoms with Crippen molar-refractivity contribution in [1.82, 2.24) is 10.2 Å². The number of morpholine rings is 1. The Morgan fingerprint density at radius 3 is 2.57 bits per heavy atom. The number of methoxy groups -OCH3 is 1. The monoisotopic (exact) mass is 507 g/mol. The number of rotatable bonds is 4. The Balaban J connectivity index is 0.00000280. The van der Waals surface area contributed by atoms with Gasteiger partial charge in [-0.15, -0.1) is 24.0 Å². The molecule has 2 atom stereocenters. The van der Waals surface area contributed by atoms with Crippen molar-refractivity contribution < 1.29 is 18.6 Å². The number of nitrogens with zero attached hydrogens (tertiary/aromatic N) is 2. The third-order valence-electron chi connectivity index (χ3n) is 5.42. The summed E-state index contributed by atoms with van der Waals surface area (Å²) >= 11 is 0.